The summed E-state index contributed by atoms with van der Waals surface area (Å²) in [4.78, 5) is 30.2. The number of nitrogens with one attached hydrogen (secondary N) is 2. The number of carbonyl (C=O) groups excluding carboxylic acids is 2. The number of aliphatic hydroxyl groups is 1. The molecule has 13 heteroatoms. The lowest BCUT2D eigenvalue weighted by atomic mass is 10.0. The van der Waals surface area contributed by atoms with E-state index in [1.54, 1.807) is 66.4 Å². The van der Waals surface area contributed by atoms with Crippen LogP contribution in [0.2, 0.25) is 5.02 Å². The van der Waals surface area contributed by atoms with Gasteiger partial charge in [-0.15, -0.1) is 0 Å². The average molecular weight is 720 g/mol. The van der Waals surface area contributed by atoms with E-state index in [0.29, 0.717) is 52.9 Å². The van der Waals surface area contributed by atoms with Gasteiger partial charge < -0.3 is 25.8 Å². The zero-order valence-electron chi connectivity index (χ0n) is 28.2. The van der Waals surface area contributed by atoms with Crippen molar-refractivity contribution >= 4 is 50.5 Å². The second-order valence-corrected chi connectivity index (χ2v) is 14.8. The van der Waals surface area contributed by atoms with Crippen molar-refractivity contribution in [3.63, 3.8) is 0 Å². The SMILES string of the molecule is C[C@@H]1CN([C@H](C)CO)C(=O)Cc2cc(NS(=O)(=O)c3ccc(Cl)cc3)ccc2O[C@H]1CN(C)Cc1ccc(C(=O)Nc2ccccc2N)cc1. The van der Waals surface area contributed by atoms with Crippen LogP contribution in [0.3, 0.4) is 0 Å². The Balaban J connectivity index is 1.33. The lowest BCUT2D eigenvalue weighted by Gasteiger charge is -2.34. The molecular weight excluding hydrogens is 678 g/mol. The monoisotopic (exact) mass is 719 g/mol. The lowest BCUT2D eigenvalue weighted by molar-refractivity contribution is -0.134. The number of ether oxygens (including phenoxy) is 1. The Labute approximate surface area is 298 Å². The first kappa shape index (κ1) is 36.7. The molecule has 0 fully saturated rings. The van der Waals surface area contributed by atoms with E-state index in [4.69, 9.17) is 22.1 Å². The van der Waals surface area contributed by atoms with Crippen molar-refractivity contribution in [2.45, 2.75) is 43.9 Å². The summed E-state index contributed by atoms with van der Waals surface area (Å²) in [5, 5.41) is 13.2. The van der Waals surface area contributed by atoms with E-state index in [9.17, 15) is 23.1 Å². The number of sulfonamides is 1. The quantitative estimate of drug-likeness (QED) is 0.153. The summed E-state index contributed by atoms with van der Waals surface area (Å²) >= 11 is 5.94. The van der Waals surface area contributed by atoms with E-state index >= 15 is 0 Å². The summed E-state index contributed by atoms with van der Waals surface area (Å²) in [5.41, 5.74) is 9.30. The second kappa shape index (κ2) is 15.9. The number of amides is 2. The average Bonchev–Trinajstić information content (AvgIpc) is 3.12. The standard InChI is InChI=1S/C37H42ClN5O6S/c1-24-20-43(25(2)23-44)36(45)19-28-18-30(41-50(47,48)31-15-12-29(38)13-16-31)14-17-34(28)49-35(24)22-42(3)21-26-8-10-27(11-9-26)37(46)40-33-7-5-4-6-32(33)39/h4-18,24-25,35,41,44H,19-23,39H2,1-3H3,(H,40,46)/t24-,25-,35+/m1/s1. The molecule has 0 unspecified atom stereocenters. The third kappa shape index (κ3) is 9.13. The number of likely N-dealkylation sites (N-methyl/N-ethyl adjacent to an activating group) is 1. The molecule has 4 aromatic carbocycles. The number of rotatable bonds is 11. The molecule has 5 N–H and O–H groups in total. The molecule has 0 saturated carbocycles. The topological polar surface area (TPSA) is 154 Å². The predicted octanol–water partition coefficient (Wildman–Crippen LogP) is 5.26. The number of nitrogen functional groups attached to an aromatic ring is 1. The van der Waals surface area contributed by atoms with E-state index < -0.39 is 16.1 Å². The number of hydrogen-bond donors (Lipinski definition) is 4. The largest absolute Gasteiger partial charge is 0.488 e. The van der Waals surface area contributed by atoms with Crippen LogP contribution in [0.4, 0.5) is 17.1 Å². The Kier molecular flexibility index (Phi) is 11.7. The van der Waals surface area contributed by atoms with Crippen LogP contribution in [-0.4, -0.2) is 74.0 Å². The first-order valence-corrected chi connectivity index (χ1v) is 18.1. The van der Waals surface area contributed by atoms with Crippen molar-refractivity contribution in [3.05, 3.63) is 113 Å². The summed E-state index contributed by atoms with van der Waals surface area (Å²) in [6, 6.07) is 24.7. The molecule has 0 radical (unpaired) electrons. The van der Waals surface area contributed by atoms with E-state index in [0.717, 1.165) is 5.56 Å². The van der Waals surface area contributed by atoms with Gasteiger partial charge in [0.1, 0.15) is 11.9 Å². The van der Waals surface area contributed by atoms with Gasteiger partial charge in [-0.3, -0.25) is 19.2 Å². The molecule has 5 rings (SSSR count). The number of para-hydroxylation sites is 2. The smallest absolute Gasteiger partial charge is 0.261 e. The Morgan fingerprint density at radius 1 is 1.08 bits per heavy atom. The summed E-state index contributed by atoms with van der Waals surface area (Å²) in [6.07, 6.45) is -0.404. The highest BCUT2D eigenvalue weighted by Crippen LogP contribution is 2.30. The fourth-order valence-corrected chi connectivity index (χ4v) is 6.96. The summed E-state index contributed by atoms with van der Waals surface area (Å²) < 4.78 is 35.4. The zero-order valence-corrected chi connectivity index (χ0v) is 29.7. The Bertz CT molecular complexity index is 1920. The molecule has 2 amide bonds. The molecule has 0 aromatic heterocycles. The minimum absolute atomic E-state index is 0.0394. The van der Waals surface area contributed by atoms with Gasteiger partial charge in [-0.05, 0) is 86.3 Å². The van der Waals surface area contributed by atoms with Crippen LogP contribution in [0.15, 0.2) is 95.9 Å². The fourth-order valence-electron chi connectivity index (χ4n) is 5.79. The second-order valence-electron chi connectivity index (χ2n) is 12.7. The van der Waals surface area contributed by atoms with Crippen LogP contribution in [0.5, 0.6) is 5.75 Å². The van der Waals surface area contributed by atoms with Crippen LogP contribution >= 0.6 is 11.6 Å². The number of fused-ring (bicyclic) bond motifs is 1. The Morgan fingerprint density at radius 3 is 2.46 bits per heavy atom. The number of nitrogens with zero attached hydrogens (tertiary/aromatic N) is 2. The molecule has 11 nitrogen and oxygen atoms in total. The Morgan fingerprint density at radius 2 is 1.78 bits per heavy atom. The van der Waals surface area contributed by atoms with E-state index in [2.05, 4.69) is 14.9 Å². The molecule has 3 atom stereocenters. The third-order valence-corrected chi connectivity index (χ3v) is 10.3. The minimum atomic E-state index is -3.92. The van der Waals surface area contributed by atoms with Crippen molar-refractivity contribution < 1.29 is 27.9 Å². The van der Waals surface area contributed by atoms with Gasteiger partial charge in [0, 0.05) is 47.4 Å². The summed E-state index contributed by atoms with van der Waals surface area (Å²) in [7, 11) is -1.95. The first-order valence-electron chi connectivity index (χ1n) is 16.2. The van der Waals surface area contributed by atoms with Crippen molar-refractivity contribution in [3.8, 4) is 5.75 Å². The van der Waals surface area contributed by atoms with Gasteiger partial charge in [0.15, 0.2) is 0 Å². The normalized spacial score (nSPS) is 17.2. The van der Waals surface area contributed by atoms with Gasteiger partial charge >= 0.3 is 0 Å². The van der Waals surface area contributed by atoms with Crippen LogP contribution in [0.1, 0.15) is 35.3 Å². The van der Waals surface area contributed by atoms with Crippen LogP contribution in [-0.2, 0) is 27.8 Å². The molecule has 50 heavy (non-hydrogen) atoms. The molecule has 0 aliphatic carbocycles. The summed E-state index contributed by atoms with van der Waals surface area (Å²) in [5.74, 6) is -0.104. The van der Waals surface area contributed by atoms with Crippen molar-refractivity contribution in [2.75, 3.05) is 42.5 Å². The fraction of sp³-hybridized carbons (Fsp3) is 0.297. The number of benzene rings is 4. The number of anilines is 3. The van der Waals surface area contributed by atoms with Crippen molar-refractivity contribution in [1.82, 2.24) is 9.80 Å². The maximum atomic E-state index is 13.6. The van der Waals surface area contributed by atoms with Crippen molar-refractivity contribution in [1.29, 1.82) is 0 Å². The number of carbonyl (C=O) groups is 2. The molecule has 1 heterocycles. The molecule has 0 bridgehead atoms. The number of halogens is 1. The summed E-state index contributed by atoms with van der Waals surface area (Å²) in [6.45, 7) is 5.02. The highest BCUT2D eigenvalue weighted by atomic mass is 35.5. The lowest BCUT2D eigenvalue weighted by Crippen LogP contribution is -2.47. The van der Waals surface area contributed by atoms with Crippen molar-refractivity contribution in [2.24, 2.45) is 5.92 Å². The highest BCUT2D eigenvalue weighted by molar-refractivity contribution is 7.92. The molecule has 1 aliphatic rings. The predicted molar refractivity (Wildman–Crippen MR) is 196 cm³/mol. The molecule has 1 aliphatic heterocycles. The van der Waals surface area contributed by atoms with Crippen LogP contribution in [0.25, 0.3) is 0 Å². The molecular formula is C37H42ClN5O6S. The van der Waals surface area contributed by atoms with E-state index in [1.165, 1.54) is 24.3 Å². The van der Waals surface area contributed by atoms with Gasteiger partial charge in [0.2, 0.25) is 5.91 Å². The minimum Gasteiger partial charge on any atom is -0.488 e. The molecule has 4 aromatic rings. The van der Waals surface area contributed by atoms with Gasteiger partial charge in [-0.1, -0.05) is 42.8 Å². The molecule has 0 spiro atoms. The van der Waals surface area contributed by atoms with E-state index in [-0.39, 0.29) is 47.4 Å². The van der Waals surface area contributed by atoms with Crippen LogP contribution in [0, 0.1) is 5.92 Å². The maximum absolute atomic E-state index is 13.6. The Hall–Kier alpha value is -4.62. The van der Waals surface area contributed by atoms with Gasteiger partial charge in [0.05, 0.1) is 35.3 Å². The number of hydrogen-bond acceptors (Lipinski definition) is 8. The van der Waals surface area contributed by atoms with Gasteiger partial charge in [-0.25, -0.2) is 8.42 Å². The molecule has 264 valence electrons. The van der Waals surface area contributed by atoms with Gasteiger partial charge in [0.25, 0.3) is 15.9 Å². The zero-order chi connectivity index (χ0) is 36.0. The first-order chi connectivity index (χ1) is 23.8. The van der Waals surface area contributed by atoms with Gasteiger partial charge in [-0.2, -0.15) is 0 Å². The number of nitrogens with two attached hydrogens (primary N) is 1. The highest BCUT2D eigenvalue weighted by Gasteiger charge is 2.31. The molecule has 0 saturated heterocycles. The van der Waals surface area contributed by atoms with Crippen LogP contribution < -0.4 is 20.5 Å². The third-order valence-electron chi connectivity index (χ3n) is 8.66. The maximum Gasteiger partial charge on any atom is 0.261 e. The van der Waals surface area contributed by atoms with E-state index in [1.807, 2.05) is 26.1 Å². The number of aliphatic hydroxyl groups excluding tert-OH is 1.